The number of unbranched alkanes of at least 4 members (excludes halogenated alkanes) is 1. The number of allylic oxidation sites excluding steroid dienone is 1. The second-order valence-corrected chi connectivity index (χ2v) is 30.8. The van der Waals surface area contributed by atoms with Crippen molar-refractivity contribution < 1.29 is 71.7 Å². The first kappa shape index (κ1) is 57.2. The van der Waals surface area contributed by atoms with E-state index in [1.54, 1.807) is 6.92 Å². The maximum absolute atomic E-state index is 14.2. The van der Waals surface area contributed by atoms with Crippen LogP contribution in [-0.4, -0.2) is 140 Å². The van der Waals surface area contributed by atoms with Crippen LogP contribution in [0.1, 0.15) is 139 Å². The number of nitrogens with zero attached hydrogens (tertiary/aromatic N) is 1. The largest absolute Gasteiger partial charge is 0.466 e. The van der Waals surface area contributed by atoms with E-state index in [-0.39, 0.29) is 90.5 Å². The average Bonchev–Trinajstić information content (AvgIpc) is 4.00. The number of hydrogen-bond donors (Lipinski definition) is 1. The lowest BCUT2D eigenvalue weighted by molar-refractivity contribution is -0.365. The molecule has 7 fully saturated rings. The van der Waals surface area contributed by atoms with Crippen molar-refractivity contribution in [2.24, 2.45) is 35.5 Å². The predicted molar refractivity (Wildman–Crippen MR) is 277 cm³/mol. The third-order valence-electron chi connectivity index (χ3n) is 17.3. The number of amides is 1. The van der Waals surface area contributed by atoms with Crippen molar-refractivity contribution in [3.8, 4) is 0 Å². The lowest BCUT2D eigenvalue weighted by Crippen LogP contribution is -2.61. The van der Waals surface area contributed by atoms with Crippen molar-refractivity contribution in [2.75, 3.05) is 19.8 Å². The van der Waals surface area contributed by atoms with Crippen LogP contribution in [0.2, 0.25) is 25.7 Å². The molecule has 0 aromatic heterocycles. The highest BCUT2D eigenvalue weighted by Crippen LogP contribution is 2.56. The molecule has 17 heteroatoms. The lowest BCUT2D eigenvalue weighted by atomic mass is 9.78. The van der Waals surface area contributed by atoms with E-state index < -0.39 is 61.4 Å². The zero-order valence-electron chi connectivity index (χ0n) is 46.3. The summed E-state index contributed by atoms with van der Waals surface area (Å²) in [7, 11) is -1.43. The Morgan fingerprint density at radius 1 is 0.851 bits per heavy atom. The van der Waals surface area contributed by atoms with E-state index in [9.17, 15) is 24.3 Å². The average molecular weight is 1060 g/mol. The molecule has 16 nitrogen and oxygen atoms in total. The summed E-state index contributed by atoms with van der Waals surface area (Å²) in [6, 6.07) is 0.884. The summed E-state index contributed by atoms with van der Waals surface area (Å²) in [5.41, 5.74) is -0.277. The number of rotatable bonds is 18. The number of esters is 2. The van der Waals surface area contributed by atoms with Gasteiger partial charge in [0.2, 0.25) is 0 Å². The topological polar surface area (TPSA) is 184 Å². The molecule has 1 N–H and O–H groups in total. The van der Waals surface area contributed by atoms with Gasteiger partial charge in [0.05, 0.1) is 49.8 Å². The third-order valence-corrected chi connectivity index (χ3v) is 19.0. The maximum Gasteiger partial charge on any atom is 0.412 e. The molecule has 8 aliphatic rings. The Bertz CT molecular complexity index is 2110. The molecule has 8 aliphatic heterocycles. The first-order valence-corrected chi connectivity index (χ1v) is 31.8. The number of likely N-dealkylation sites (tertiary alicyclic amines) is 1. The summed E-state index contributed by atoms with van der Waals surface area (Å²) in [4.78, 5) is 53.8. The summed E-state index contributed by atoms with van der Waals surface area (Å²) in [5, 5.41) is 11.7. The molecule has 74 heavy (non-hydrogen) atoms. The Balaban J connectivity index is 0.869. The number of piperidine rings is 1. The summed E-state index contributed by atoms with van der Waals surface area (Å²) >= 11 is 0. The fourth-order valence-electron chi connectivity index (χ4n) is 13.7. The molecule has 0 radical (unpaired) electrons. The molecule has 0 aliphatic carbocycles. The van der Waals surface area contributed by atoms with Crippen LogP contribution in [0.25, 0.3) is 0 Å². The Labute approximate surface area is 441 Å². The van der Waals surface area contributed by atoms with Gasteiger partial charge >= 0.3 is 18.0 Å². The van der Waals surface area contributed by atoms with Crippen molar-refractivity contribution in [1.29, 1.82) is 0 Å². The highest BCUT2D eigenvalue weighted by Gasteiger charge is 2.65. The molecule has 0 unspecified atom stereocenters. The SMILES string of the molecule is C=C(C[C@@]12C[C@@H](C)C[C@@H](O1)[C@H]1O[C@@]3(C[C@H]1O2)[C@@H](C)C[C@@H](C)CN3C(=O)OCC[Si](C)(C)C)[C@@H](OC(C)=O)[C@@H](C)C[C@@H](C)C(=O)[C@@H](O)[C@H]1C[C@@H]2O[C@@]3(CC[C@]4(C=CC[C@@H](/C=C/CCCOC(C)=O)O4)O3)[C@@H](C)C[C@@H]2O1. The Morgan fingerprint density at radius 3 is 2.34 bits per heavy atom. The molecular weight excluding hydrogens is 967 g/mol. The van der Waals surface area contributed by atoms with Gasteiger partial charge in [0.15, 0.2) is 28.9 Å². The highest BCUT2D eigenvalue weighted by atomic mass is 28.3. The number of aliphatic hydroxyl groups excluding tert-OH is 1. The van der Waals surface area contributed by atoms with Crippen LogP contribution in [0, 0.1) is 35.5 Å². The van der Waals surface area contributed by atoms with Crippen LogP contribution in [0.4, 0.5) is 4.79 Å². The van der Waals surface area contributed by atoms with E-state index >= 15 is 0 Å². The van der Waals surface area contributed by atoms with Crippen LogP contribution >= 0.6 is 0 Å². The monoisotopic (exact) mass is 1060 g/mol. The second kappa shape index (κ2) is 22.8. The molecule has 416 valence electrons. The molecule has 0 saturated carbocycles. The van der Waals surface area contributed by atoms with Crippen LogP contribution in [0.15, 0.2) is 36.5 Å². The van der Waals surface area contributed by atoms with E-state index in [0.29, 0.717) is 70.3 Å². The van der Waals surface area contributed by atoms with Gasteiger partial charge in [-0.2, -0.15) is 0 Å². The first-order valence-electron chi connectivity index (χ1n) is 28.1. The summed E-state index contributed by atoms with van der Waals surface area (Å²) < 4.78 is 64.7. The fraction of sp³-hybridized carbons (Fsp3) is 0.825. The van der Waals surface area contributed by atoms with Gasteiger partial charge in [0.25, 0.3) is 0 Å². The van der Waals surface area contributed by atoms with Crippen molar-refractivity contribution in [3.63, 3.8) is 0 Å². The van der Waals surface area contributed by atoms with E-state index in [2.05, 4.69) is 66.1 Å². The van der Waals surface area contributed by atoms with Gasteiger partial charge in [-0.15, -0.1) is 0 Å². The number of ketones is 1. The van der Waals surface area contributed by atoms with Gasteiger partial charge in [-0.1, -0.05) is 86.0 Å². The Kier molecular flexibility index (Phi) is 17.6. The number of carbonyl (C=O) groups excluding carboxylic acids is 4. The van der Waals surface area contributed by atoms with Crippen molar-refractivity contribution >= 4 is 31.9 Å². The number of hydrogen-bond acceptors (Lipinski definition) is 15. The van der Waals surface area contributed by atoms with Crippen LogP contribution in [0.5, 0.6) is 0 Å². The van der Waals surface area contributed by atoms with Crippen molar-refractivity contribution in [1.82, 2.24) is 4.90 Å². The van der Waals surface area contributed by atoms with Crippen molar-refractivity contribution in [2.45, 2.75) is 243 Å². The second-order valence-electron chi connectivity index (χ2n) is 25.2. The molecule has 2 bridgehead atoms. The molecule has 0 aromatic rings. The zero-order chi connectivity index (χ0) is 53.5. The standard InChI is InChI=1S/C57H89NO15Si/c1-34-26-47-52-48(32-56(72-52)39(6)25-35(2)33-58(56)53(63)65-23-24-74(10,11)12)70-55(30-34,69-47)31-38(5)51(66-42(9)60)37(4)27-36(3)49(61)50(62)46-29-45-44(67-46)28-40(7)57(71-45)21-20-54(73-57)19-16-18-43(68-54)17-14-13-15-22-64-41(8)59/h14,16-17,19,34-37,39-40,43-48,50-52,62H,5,13,15,18,20-33H2,1-4,6-12H3/b17-14+/t34-,35+,36+,37-,39-,40-,43+,44-,45-,46+,47+,48+,50-,51-,52+,54-,55-,56-,57+/m0/s1. The summed E-state index contributed by atoms with van der Waals surface area (Å²) in [5.74, 6) is -4.44. The van der Waals surface area contributed by atoms with E-state index in [1.165, 1.54) is 13.8 Å². The number of Topliss-reactive ketones (excluding diaryl/α,β-unsaturated/α-hetero) is 1. The molecule has 8 rings (SSSR count). The minimum atomic E-state index is -1.43. The van der Waals surface area contributed by atoms with Crippen molar-refractivity contribution in [3.05, 3.63) is 36.5 Å². The quantitative estimate of drug-likeness (QED) is 0.0450. The highest BCUT2D eigenvalue weighted by molar-refractivity contribution is 6.76. The molecule has 0 aromatic carbocycles. The Hall–Kier alpha value is -3.00. The number of carbonyl (C=O) groups is 4. The van der Waals surface area contributed by atoms with Gasteiger partial charge in [-0.05, 0) is 80.4 Å². The normalized spacial score (nSPS) is 40.2. The van der Waals surface area contributed by atoms with Gasteiger partial charge in [0, 0.05) is 84.7 Å². The van der Waals surface area contributed by atoms with Gasteiger partial charge in [-0.3, -0.25) is 19.3 Å². The lowest BCUT2D eigenvalue weighted by Gasteiger charge is -2.52. The zero-order valence-corrected chi connectivity index (χ0v) is 47.3. The van der Waals surface area contributed by atoms with Gasteiger partial charge < -0.3 is 52.5 Å². The van der Waals surface area contributed by atoms with Crippen LogP contribution in [0.3, 0.4) is 0 Å². The minimum absolute atomic E-state index is 0.0369. The summed E-state index contributed by atoms with van der Waals surface area (Å²) in [6.45, 7) is 27.8. The molecule has 3 spiro atoms. The fourth-order valence-corrected chi connectivity index (χ4v) is 14.4. The molecule has 8 heterocycles. The van der Waals surface area contributed by atoms with Crippen LogP contribution < -0.4 is 0 Å². The van der Waals surface area contributed by atoms with E-state index in [4.69, 9.17) is 47.4 Å². The molecule has 19 atom stereocenters. The number of fused-ring (bicyclic) bond motifs is 5. The van der Waals surface area contributed by atoms with Crippen LogP contribution in [-0.2, 0) is 61.8 Å². The van der Waals surface area contributed by atoms with Gasteiger partial charge in [-0.25, -0.2) is 4.79 Å². The van der Waals surface area contributed by atoms with Gasteiger partial charge in [0.1, 0.15) is 18.3 Å². The molecule has 1 amide bonds. The van der Waals surface area contributed by atoms with E-state index in [1.807, 2.05) is 24.0 Å². The smallest absolute Gasteiger partial charge is 0.412 e. The minimum Gasteiger partial charge on any atom is -0.466 e. The first-order chi connectivity index (χ1) is 34.8. The molecule has 7 saturated heterocycles. The predicted octanol–water partition coefficient (Wildman–Crippen LogP) is 9.33. The third kappa shape index (κ3) is 12.6. The maximum atomic E-state index is 14.2. The number of ether oxygens (including phenoxy) is 10. The van der Waals surface area contributed by atoms with E-state index in [0.717, 1.165) is 38.1 Å². The molecular formula is C57H89NO15Si. The summed E-state index contributed by atoms with van der Waals surface area (Å²) in [6.07, 6.45) is 10.9. The number of aliphatic hydroxyl groups is 1. The Morgan fingerprint density at radius 2 is 1.61 bits per heavy atom.